The zero-order chi connectivity index (χ0) is 28.3. The van der Waals surface area contributed by atoms with Crippen LogP contribution in [0.25, 0.3) is 0 Å². The number of rotatable bonds is 10. The van der Waals surface area contributed by atoms with Crippen LogP contribution in [0.3, 0.4) is 0 Å². The van der Waals surface area contributed by atoms with Crippen molar-refractivity contribution in [3.8, 4) is 0 Å². The number of aromatic nitrogens is 4. The van der Waals surface area contributed by atoms with Crippen LogP contribution < -0.4 is 22.2 Å². The standard InChI is InChI=1S/C20H18N8O8S3/c1-36-26-10(9-7-39-19(21)22-9)13(30)23-11-15(32)28-12(18(34)35)8(6-38-17(11)28)2-5-37-20-25-24-14(31)16(33)27(20)3-4-29/h2,4-5,7,11,17H,3,6H2,1H3,(H2,21,22)(H,23,30)(H,24,31)(H,34,35)/b5-2+,26-10+/t11-,17-/m1/s1. The van der Waals surface area contributed by atoms with Crippen molar-refractivity contribution in [3.05, 3.63) is 54.5 Å². The number of nitrogens with two attached hydrogens (primary N) is 1. The Labute approximate surface area is 230 Å². The zero-order valence-corrected chi connectivity index (χ0v) is 22.2. The number of aldehydes is 1. The fourth-order valence-corrected chi connectivity index (χ4v) is 6.19. The molecule has 1 saturated heterocycles. The number of carbonyl (C=O) groups is 4. The van der Waals surface area contributed by atoms with Crippen LogP contribution in [-0.4, -0.2) is 83.8 Å². The smallest absolute Gasteiger partial charge is 0.352 e. The molecule has 2 aromatic rings. The average Bonchev–Trinajstić information content (AvgIpc) is 3.34. The Morgan fingerprint density at radius 2 is 2.18 bits per heavy atom. The van der Waals surface area contributed by atoms with E-state index < -0.39 is 46.9 Å². The van der Waals surface area contributed by atoms with Crippen LogP contribution in [0.5, 0.6) is 0 Å². The van der Waals surface area contributed by atoms with E-state index in [9.17, 15) is 33.9 Å². The number of carboxylic acids is 1. The van der Waals surface area contributed by atoms with Gasteiger partial charge in [0, 0.05) is 11.1 Å². The molecule has 19 heteroatoms. The summed E-state index contributed by atoms with van der Waals surface area (Å²) in [5, 5.41) is 24.3. The number of fused-ring (bicyclic) bond motifs is 1. The molecule has 204 valence electrons. The first-order chi connectivity index (χ1) is 18.7. The highest BCUT2D eigenvalue weighted by molar-refractivity contribution is 8.02. The van der Waals surface area contributed by atoms with E-state index in [0.29, 0.717) is 6.29 Å². The number of carboxylic acid groups (broad SMARTS) is 1. The Hall–Kier alpha value is -4.23. The number of hydrogen-bond donors (Lipinski definition) is 4. The lowest BCUT2D eigenvalue weighted by molar-refractivity contribution is -0.150. The van der Waals surface area contributed by atoms with Crippen molar-refractivity contribution in [2.45, 2.75) is 23.1 Å². The third kappa shape index (κ3) is 5.49. The average molecular weight is 595 g/mol. The Bertz CT molecular complexity index is 1560. The summed E-state index contributed by atoms with van der Waals surface area (Å²) in [5.41, 5.74) is 3.62. The number of hydrogen-bond acceptors (Lipinski definition) is 14. The molecule has 16 nitrogen and oxygen atoms in total. The minimum atomic E-state index is -1.36. The molecule has 0 bridgehead atoms. The van der Waals surface area contributed by atoms with Crippen molar-refractivity contribution < 1.29 is 29.1 Å². The van der Waals surface area contributed by atoms with Crippen molar-refractivity contribution >= 4 is 69.8 Å². The van der Waals surface area contributed by atoms with Crippen molar-refractivity contribution in [2.75, 3.05) is 18.6 Å². The fourth-order valence-electron chi connectivity index (χ4n) is 3.59. The highest BCUT2D eigenvalue weighted by Gasteiger charge is 2.54. The summed E-state index contributed by atoms with van der Waals surface area (Å²) in [4.78, 5) is 82.0. The summed E-state index contributed by atoms with van der Waals surface area (Å²) in [7, 11) is 1.24. The third-order valence-corrected chi connectivity index (χ3v) is 8.04. The van der Waals surface area contributed by atoms with E-state index in [2.05, 4.69) is 20.6 Å². The van der Waals surface area contributed by atoms with Gasteiger partial charge in [-0.15, -0.1) is 28.2 Å². The van der Waals surface area contributed by atoms with Crippen LogP contribution in [0.15, 0.2) is 48.0 Å². The Morgan fingerprint density at radius 1 is 1.41 bits per heavy atom. The van der Waals surface area contributed by atoms with Crippen molar-refractivity contribution in [1.29, 1.82) is 0 Å². The van der Waals surface area contributed by atoms with Gasteiger partial charge in [-0.3, -0.25) is 28.6 Å². The van der Waals surface area contributed by atoms with Crippen molar-refractivity contribution in [3.63, 3.8) is 0 Å². The molecule has 2 atom stereocenters. The van der Waals surface area contributed by atoms with Crippen LogP contribution in [0.2, 0.25) is 0 Å². The van der Waals surface area contributed by atoms with Gasteiger partial charge in [-0.25, -0.2) is 14.9 Å². The van der Waals surface area contributed by atoms with Gasteiger partial charge in [-0.2, -0.15) is 0 Å². The maximum atomic E-state index is 12.9. The van der Waals surface area contributed by atoms with Crippen molar-refractivity contribution in [1.82, 2.24) is 30.0 Å². The van der Waals surface area contributed by atoms with Gasteiger partial charge in [0.2, 0.25) is 0 Å². The van der Waals surface area contributed by atoms with Crippen LogP contribution in [0.1, 0.15) is 5.69 Å². The number of thiazole rings is 1. The zero-order valence-electron chi connectivity index (χ0n) is 19.7. The van der Waals surface area contributed by atoms with E-state index >= 15 is 0 Å². The number of aliphatic carboxylic acids is 1. The van der Waals surface area contributed by atoms with Gasteiger partial charge in [0.15, 0.2) is 16.0 Å². The molecule has 5 N–H and O–H groups in total. The Balaban J connectivity index is 1.52. The van der Waals surface area contributed by atoms with Gasteiger partial charge < -0.3 is 25.8 Å². The highest BCUT2D eigenvalue weighted by Crippen LogP contribution is 2.41. The molecule has 0 spiro atoms. The van der Waals surface area contributed by atoms with Crippen LogP contribution >= 0.6 is 34.9 Å². The lowest BCUT2D eigenvalue weighted by Gasteiger charge is -2.49. The number of nitrogen functional groups attached to an aromatic ring is 1. The monoisotopic (exact) mass is 594 g/mol. The topological polar surface area (TPSA) is 232 Å². The van der Waals surface area contributed by atoms with Crippen molar-refractivity contribution in [2.24, 2.45) is 5.16 Å². The summed E-state index contributed by atoms with van der Waals surface area (Å²) in [6.45, 7) is -0.394. The van der Waals surface area contributed by atoms with Crippen LogP contribution in [0, 0.1) is 0 Å². The summed E-state index contributed by atoms with van der Waals surface area (Å²) in [5.74, 6) is -2.59. The largest absolute Gasteiger partial charge is 0.477 e. The number of β-lactam (4-membered cyclic amide) rings is 1. The molecule has 39 heavy (non-hydrogen) atoms. The molecule has 2 aliphatic heterocycles. The minimum Gasteiger partial charge on any atom is -0.477 e. The van der Waals surface area contributed by atoms with Gasteiger partial charge in [0.05, 0.1) is 6.54 Å². The second-order valence-electron chi connectivity index (χ2n) is 7.57. The van der Waals surface area contributed by atoms with Gasteiger partial charge in [-0.1, -0.05) is 16.9 Å². The predicted molar refractivity (Wildman–Crippen MR) is 140 cm³/mol. The quantitative estimate of drug-likeness (QED) is 0.0617. The number of aromatic amines is 1. The molecular formula is C20H18N8O8S3. The Morgan fingerprint density at radius 3 is 2.82 bits per heavy atom. The van der Waals surface area contributed by atoms with Gasteiger partial charge >= 0.3 is 17.1 Å². The minimum absolute atomic E-state index is 0.0000345. The van der Waals surface area contributed by atoms with Gasteiger partial charge in [-0.05, 0) is 17.1 Å². The molecule has 0 unspecified atom stereocenters. The number of thioether (sulfide) groups is 2. The highest BCUT2D eigenvalue weighted by atomic mass is 32.2. The number of anilines is 1. The molecule has 0 aromatic carbocycles. The molecule has 2 aliphatic rings. The van der Waals surface area contributed by atoms with Gasteiger partial charge in [0.1, 0.15) is 36.2 Å². The molecule has 0 radical (unpaired) electrons. The summed E-state index contributed by atoms with van der Waals surface area (Å²) >= 11 is 3.17. The van der Waals surface area contributed by atoms with E-state index in [1.54, 1.807) is 0 Å². The van der Waals surface area contributed by atoms with Crippen LogP contribution in [-0.2, 0) is 30.6 Å². The number of H-pyrrole nitrogens is 1. The number of oxime groups is 1. The first-order valence-corrected chi connectivity index (χ1v) is 13.5. The molecule has 0 aliphatic carbocycles. The number of carbonyl (C=O) groups excluding carboxylic acids is 3. The van der Waals surface area contributed by atoms with Crippen LogP contribution in [0.4, 0.5) is 5.13 Å². The van der Waals surface area contributed by atoms with E-state index in [4.69, 9.17) is 10.6 Å². The molecular weight excluding hydrogens is 576 g/mol. The first kappa shape index (κ1) is 27.8. The van der Waals surface area contributed by atoms with E-state index in [1.807, 2.05) is 5.10 Å². The van der Waals surface area contributed by atoms with E-state index in [-0.39, 0.29) is 38.7 Å². The van der Waals surface area contributed by atoms with E-state index in [1.165, 1.54) is 35.7 Å². The Kier molecular flexibility index (Phi) is 8.31. The molecule has 1 fully saturated rings. The molecule has 0 saturated carbocycles. The molecule has 2 aromatic heterocycles. The maximum absolute atomic E-state index is 12.9. The van der Waals surface area contributed by atoms with Gasteiger partial charge in [0.25, 0.3) is 11.8 Å². The third-order valence-electron chi connectivity index (χ3n) is 5.27. The molecule has 4 heterocycles. The number of nitrogens with one attached hydrogen (secondary N) is 2. The molecule has 2 amide bonds. The lowest BCUT2D eigenvalue weighted by Crippen LogP contribution is -2.71. The first-order valence-electron chi connectivity index (χ1n) is 10.7. The lowest BCUT2D eigenvalue weighted by atomic mass is 10.0. The summed E-state index contributed by atoms with van der Waals surface area (Å²) in [6.07, 6.45) is 1.86. The summed E-state index contributed by atoms with van der Waals surface area (Å²) < 4.78 is 0.867. The second-order valence-corrected chi connectivity index (χ2v) is 10.4. The van der Waals surface area contributed by atoms with E-state index in [0.717, 1.165) is 32.6 Å². The number of nitrogens with zero attached hydrogens (tertiary/aromatic N) is 5. The maximum Gasteiger partial charge on any atom is 0.352 e. The second kappa shape index (κ2) is 11.7. The number of allylic oxidation sites excluding steroid dienone is 1. The fraction of sp³-hybridized carbons (Fsp3) is 0.250. The summed E-state index contributed by atoms with van der Waals surface area (Å²) in [6, 6.07) is -1.03. The normalized spacial score (nSPS) is 19.1. The predicted octanol–water partition coefficient (Wildman–Crippen LogP) is -1.44. The number of amides is 2. The SMILES string of the molecule is CO/N=C(/C(=O)N[C@@H]1C(=O)N2C(C(=O)O)=C(/C=C/Sc3n[nH]c(=O)c(=O)n3CC=O)CS[C@H]12)c1csc(N)n1. The molecule has 4 rings (SSSR count).